The number of carbonyl (C=O) groups excluding carboxylic acids is 1. The highest BCUT2D eigenvalue weighted by atomic mass is 16.2. The fourth-order valence-corrected chi connectivity index (χ4v) is 2.85. The van der Waals surface area contributed by atoms with E-state index in [4.69, 9.17) is 0 Å². The van der Waals surface area contributed by atoms with E-state index in [-0.39, 0.29) is 11.9 Å². The Morgan fingerprint density at radius 1 is 0.960 bits per heavy atom. The molecule has 122 valence electrons. The molecule has 6 nitrogen and oxygen atoms in total. The summed E-state index contributed by atoms with van der Waals surface area (Å²) in [4.78, 5) is 25.6. The van der Waals surface area contributed by atoms with Crippen LogP contribution in [0.3, 0.4) is 0 Å². The summed E-state index contributed by atoms with van der Waals surface area (Å²) in [5.41, 5.74) is 2.96. The van der Waals surface area contributed by atoms with Crippen molar-refractivity contribution in [1.82, 2.24) is 20.0 Å². The number of rotatable bonds is 3. The van der Waals surface area contributed by atoms with Crippen LogP contribution in [0.5, 0.6) is 0 Å². The maximum atomic E-state index is 13.0. The van der Waals surface area contributed by atoms with Gasteiger partial charge in [-0.1, -0.05) is 24.3 Å². The molecule has 1 aliphatic heterocycles. The van der Waals surface area contributed by atoms with Gasteiger partial charge in [0.05, 0.1) is 18.0 Å². The van der Waals surface area contributed by atoms with Crippen molar-refractivity contribution in [3.63, 3.8) is 0 Å². The number of pyridine rings is 1. The molecule has 3 heterocycles. The number of nitrogens with zero attached hydrogens (tertiary/aromatic N) is 5. The molecule has 1 atom stereocenters. The maximum Gasteiger partial charge on any atom is 0.274 e. The van der Waals surface area contributed by atoms with Crippen LogP contribution < -0.4 is 0 Å². The molecule has 1 aromatic carbocycles. The lowest BCUT2D eigenvalue weighted by molar-refractivity contribution is 0.0711. The Labute approximate surface area is 144 Å². The first-order chi connectivity index (χ1) is 12.3. The smallest absolute Gasteiger partial charge is 0.267 e. The first-order valence-corrected chi connectivity index (χ1v) is 7.95. The summed E-state index contributed by atoms with van der Waals surface area (Å²) in [5.74, 6) is -0.145. The Balaban J connectivity index is 1.73. The largest absolute Gasteiger partial charge is 0.274 e. The van der Waals surface area contributed by atoms with Crippen molar-refractivity contribution in [3.05, 3.63) is 90.3 Å². The van der Waals surface area contributed by atoms with Crippen LogP contribution >= 0.6 is 0 Å². The van der Waals surface area contributed by atoms with Crippen molar-refractivity contribution in [3.8, 4) is 0 Å². The molecule has 2 aromatic heterocycles. The molecule has 0 aliphatic carbocycles. The summed E-state index contributed by atoms with van der Waals surface area (Å²) in [6, 6.07) is 12.8. The van der Waals surface area contributed by atoms with E-state index in [1.807, 2.05) is 30.3 Å². The van der Waals surface area contributed by atoms with Gasteiger partial charge in [0.2, 0.25) is 0 Å². The average molecular weight is 329 g/mol. The van der Waals surface area contributed by atoms with Crippen LogP contribution in [0.25, 0.3) is 0 Å². The highest BCUT2D eigenvalue weighted by Gasteiger charge is 2.34. The van der Waals surface area contributed by atoms with E-state index in [1.165, 1.54) is 5.01 Å². The second-order valence-corrected chi connectivity index (χ2v) is 5.66. The number of hydrogen-bond donors (Lipinski definition) is 0. The molecule has 25 heavy (non-hydrogen) atoms. The van der Waals surface area contributed by atoms with Gasteiger partial charge in [-0.05, 0) is 23.8 Å². The quantitative estimate of drug-likeness (QED) is 0.741. The average Bonchev–Trinajstić information content (AvgIpc) is 3.15. The van der Waals surface area contributed by atoms with Crippen LogP contribution in [-0.4, -0.2) is 31.6 Å². The minimum Gasteiger partial charge on any atom is -0.267 e. The van der Waals surface area contributed by atoms with Gasteiger partial charge in [0.15, 0.2) is 0 Å². The Morgan fingerprint density at radius 2 is 1.80 bits per heavy atom. The SMILES string of the molecule is O=C(c1ccccc1)N1N=C(c2cnccn2)CC1c1cccnc1. The van der Waals surface area contributed by atoms with E-state index in [0.717, 1.165) is 11.3 Å². The third-order valence-corrected chi connectivity index (χ3v) is 4.07. The van der Waals surface area contributed by atoms with E-state index >= 15 is 0 Å². The summed E-state index contributed by atoms with van der Waals surface area (Å²) < 4.78 is 0. The first kappa shape index (κ1) is 15.1. The van der Waals surface area contributed by atoms with Gasteiger partial charge in [-0.3, -0.25) is 19.7 Å². The van der Waals surface area contributed by atoms with Crippen LogP contribution in [0.4, 0.5) is 0 Å². The second kappa shape index (κ2) is 6.60. The van der Waals surface area contributed by atoms with Crippen LogP contribution in [0, 0.1) is 0 Å². The first-order valence-electron chi connectivity index (χ1n) is 7.95. The maximum absolute atomic E-state index is 13.0. The van der Waals surface area contributed by atoms with Crippen LogP contribution in [0.1, 0.15) is 34.1 Å². The van der Waals surface area contributed by atoms with Crippen molar-refractivity contribution >= 4 is 11.6 Å². The molecule has 3 aromatic rings. The van der Waals surface area contributed by atoms with Crippen LogP contribution in [0.2, 0.25) is 0 Å². The third kappa shape index (κ3) is 3.01. The molecule has 0 spiro atoms. The predicted molar refractivity (Wildman–Crippen MR) is 92.8 cm³/mol. The van der Waals surface area contributed by atoms with Gasteiger partial charge in [0.25, 0.3) is 5.91 Å². The van der Waals surface area contributed by atoms with Gasteiger partial charge in [-0.15, -0.1) is 0 Å². The topological polar surface area (TPSA) is 71.3 Å². The summed E-state index contributed by atoms with van der Waals surface area (Å²) in [6.45, 7) is 0. The second-order valence-electron chi connectivity index (χ2n) is 5.66. The standard InChI is InChI=1S/C19H15N5O/c25-19(14-5-2-1-3-6-14)24-18(15-7-4-8-20-12-15)11-16(23-24)17-13-21-9-10-22-17/h1-10,12-13,18H,11H2. The van der Waals surface area contributed by atoms with Gasteiger partial charge >= 0.3 is 0 Å². The van der Waals surface area contributed by atoms with Crippen molar-refractivity contribution in [2.45, 2.75) is 12.5 Å². The highest BCUT2D eigenvalue weighted by Crippen LogP contribution is 2.33. The summed E-state index contributed by atoms with van der Waals surface area (Å²) in [6.07, 6.45) is 8.96. The fraction of sp³-hybridized carbons (Fsp3) is 0.105. The van der Waals surface area contributed by atoms with Gasteiger partial charge in [0.1, 0.15) is 5.69 Å². The Hall–Kier alpha value is -3.41. The molecule has 1 aliphatic rings. The van der Waals surface area contributed by atoms with Crippen LogP contribution in [0.15, 0.2) is 78.6 Å². The van der Waals surface area contributed by atoms with Crippen molar-refractivity contribution in [2.24, 2.45) is 5.10 Å². The molecule has 0 radical (unpaired) electrons. The number of benzene rings is 1. The molecule has 0 N–H and O–H groups in total. The minimum absolute atomic E-state index is 0.145. The van der Waals surface area contributed by atoms with Gasteiger partial charge in [0, 0.05) is 36.8 Å². The number of hydrogen-bond acceptors (Lipinski definition) is 5. The summed E-state index contributed by atoms with van der Waals surface area (Å²) in [7, 11) is 0. The number of aromatic nitrogens is 3. The minimum atomic E-state index is -0.210. The summed E-state index contributed by atoms with van der Waals surface area (Å²) >= 11 is 0. The molecule has 0 saturated heterocycles. The molecule has 6 heteroatoms. The van der Waals surface area contributed by atoms with E-state index in [0.29, 0.717) is 17.7 Å². The van der Waals surface area contributed by atoms with Crippen LogP contribution in [-0.2, 0) is 0 Å². The fourth-order valence-electron chi connectivity index (χ4n) is 2.85. The van der Waals surface area contributed by atoms with E-state index < -0.39 is 0 Å². The van der Waals surface area contributed by atoms with Crippen molar-refractivity contribution < 1.29 is 4.79 Å². The summed E-state index contributed by atoms with van der Waals surface area (Å²) in [5, 5.41) is 6.09. The lowest BCUT2D eigenvalue weighted by Gasteiger charge is -2.21. The van der Waals surface area contributed by atoms with E-state index in [2.05, 4.69) is 20.1 Å². The van der Waals surface area contributed by atoms with Gasteiger partial charge in [-0.25, -0.2) is 5.01 Å². The zero-order chi connectivity index (χ0) is 17.1. The normalized spacial score (nSPS) is 16.6. The predicted octanol–water partition coefficient (Wildman–Crippen LogP) is 2.86. The Morgan fingerprint density at radius 3 is 2.52 bits per heavy atom. The third-order valence-electron chi connectivity index (χ3n) is 4.07. The highest BCUT2D eigenvalue weighted by molar-refractivity contribution is 6.03. The Bertz CT molecular complexity index is 897. The van der Waals surface area contributed by atoms with Gasteiger partial charge < -0.3 is 0 Å². The zero-order valence-electron chi connectivity index (χ0n) is 13.4. The molecular formula is C19H15N5O. The van der Waals surface area contributed by atoms with E-state index in [9.17, 15) is 4.79 Å². The molecule has 1 amide bonds. The number of amides is 1. The van der Waals surface area contributed by atoms with Crippen molar-refractivity contribution in [1.29, 1.82) is 0 Å². The molecule has 0 fully saturated rings. The van der Waals surface area contributed by atoms with Crippen molar-refractivity contribution in [2.75, 3.05) is 0 Å². The number of carbonyl (C=O) groups is 1. The monoisotopic (exact) mass is 329 g/mol. The Kier molecular flexibility index (Phi) is 4.00. The lowest BCUT2D eigenvalue weighted by Crippen LogP contribution is -2.27. The lowest BCUT2D eigenvalue weighted by atomic mass is 10.0. The molecule has 0 bridgehead atoms. The zero-order valence-corrected chi connectivity index (χ0v) is 13.4. The molecular weight excluding hydrogens is 314 g/mol. The van der Waals surface area contributed by atoms with E-state index in [1.54, 1.807) is 43.1 Å². The van der Waals surface area contributed by atoms with Gasteiger partial charge in [-0.2, -0.15) is 5.10 Å². The molecule has 0 saturated carbocycles. The molecule has 4 rings (SSSR count). The number of hydrazone groups is 1. The molecule has 1 unspecified atom stereocenters.